The van der Waals surface area contributed by atoms with Crippen molar-refractivity contribution in [2.45, 2.75) is 24.2 Å². The Morgan fingerprint density at radius 1 is 1.26 bits per heavy atom. The Hall–Kier alpha value is -1.64. The molecule has 3 heterocycles. The van der Waals surface area contributed by atoms with Gasteiger partial charge < -0.3 is 10.1 Å². The third kappa shape index (κ3) is 2.93. The van der Waals surface area contributed by atoms with Crippen molar-refractivity contribution in [1.82, 2.24) is 19.5 Å². The van der Waals surface area contributed by atoms with Gasteiger partial charge in [-0.05, 0) is 37.1 Å². The third-order valence-corrected chi connectivity index (χ3v) is 4.46. The SMILES string of the molecule is Sc1nc(Nc2ccc(Br)cc2)c2ncn(C3CCCO3)c2n1. The number of aromatic nitrogens is 4. The van der Waals surface area contributed by atoms with Crippen molar-refractivity contribution in [2.75, 3.05) is 11.9 Å². The van der Waals surface area contributed by atoms with E-state index in [4.69, 9.17) is 4.74 Å². The molecule has 2 aromatic heterocycles. The Balaban J connectivity index is 1.75. The number of nitrogens with one attached hydrogen (secondary N) is 1. The molecule has 0 amide bonds. The Bertz CT molecular complexity index is 845. The molecule has 0 aliphatic carbocycles. The maximum Gasteiger partial charge on any atom is 0.188 e. The lowest BCUT2D eigenvalue weighted by Crippen LogP contribution is -2.07. The Kier molecular flexibility index (Phi) is 3.96. The van der Waals surface area contributed by atoms with Crippen molar-refractivity contribution in [2.24, 2.45) is 0 Å². The average Bonchev–Trinajstić information content (AvgIpc) is 3.18. The van der Waals surface area contributed by atoms with Crippen LogP contribution < -0.4 is 5.32 Å². The summed E-state index contributed by atoms with van der Waals surface area (Å²) >= 11 is 7.75. The fraction of sp³-hybridized carbons (Fsp3) is 0.267. The maximum atomic E-state index is 5.73. The van der Waals surface area contributed by atoms with Crippen LogP contribution >= 0.6 is 28.6 Å². The summed E-state index contributed by atoms with van der Waals surface area (Å²) in [6.07, 6.45) is 3.76. The van der Waals surface area contributed by atoms with Crippen LogP contribution in [0.3, 0.4) is 0 Å². The van der Waals surface area contributed by atoms with Crippen LogP contribution in [-0.4, -0.2) is 26.1 Å². The van der Waals surface area contributed by atoms with Gasteiger partial charge in [-0.25, -0.2) is 15.0 Å². The summed E-state index contributed by atoms with van der Waals surface area (Å²) in [4.78, 5) is 13.3. The first-order chi connectivity index (χ1) is 11.2. The number of thiol groups is 1. The number of ether oxygens (including phenoxy) is 1. The van der Waals surface area contributed by atoms with E-state index in [-0.39, 0.29) is 6.23 Å². The van der Waals surface area contributed by atoms with Gasteiger partial charge in [0.1, 0.15) is 6.23 Å². The number of hydrogen-bond donors (Lipinski definition) is 2. The van der Waals surface area contributed by atoms with Crippen molar-refractivity contribution in [3.63, 3.8) is 0 Å². The van der Waals surface area contributed by atoms with Crippen LogP contribution in [0.4, 0.5) is 11.5 Å². The molecule has 118 valence electrons. The molecular formula is C15H14BrN5OS. The quantitative estimate of drug-likeness (QED) is 0.522. The summed E-state index contributed by atoms with van der Waals surface area (Å²) < 4.78 is 8.71. The van der Waals surface area contributed by atoms with E-state index in [2.05, 4.69) is 48.8 Å². The van der Waals surface area contributed by atoms with Crippen LogP contribution in [0.1, 0.15) is 19.1 Å². The normalized spacial score (nSPS) is 17.7. The van der Waals surface area contributed by atoms with Crippen molar-refractivity contribution in [1.29, 1.82) is 0 Å². The van der Waals surface area contributed by atoms with Crippen LogP contribution in [0.2, 0.25) is 0 Å². The second-order valence-corrected chi connectivity index (χ2v) is 6.61. The molecule has 8 heteroatoms. The zero-order chi connectivity index (χ0) is 15.8. The van der Waals surface area contributed by atoms with Crippen LogP contribution in [0.25, 0.3) is 11.2 Å². The van der Waals surface area contributed by atoms with Crippen molar-refractivity contribution in [3.05, 3.63) is 35.1 Å². The molecule has 0 spiro atoms. The van der Waals surface area contributed by atoms with Gasteiger partial charge in [-0.2, -0.15) is 0 Å². The number of fused-ring (bicyclic) bond motifs is 1. The molecule has 1 saturated heterocycles. The van der Waals surface area contributed by atoms with Gasteiger partial charge in [-0.15, -0.1) is 12.6 Å². The highest BCUT2D eigenvalue weighted by Gasteiger charge is 2.22. The topological polar surface area (TPSA) is 64.9 Å². The van der Waals surface area contributed by atoms with E-state index in [0.717, 1.165) is 35.3 Å². The van der Waals surface area contributed by atoms with Gasteiger partial charge in [0.15, 0.2) is 22.1 Å². The first kappa shape index (κ1) is 14.9. The molecule has 1 aliphatic rings. The molecule has 1 aliphatic heterocycles. The van der Waals surface area contributed by atoms with E-state index in [9.17, 15) is 0 Å². The van der Waals surface area contributed by atoms with Crippen LogP contribution in [0, 0.1) is 0 Å². The first-order valence-corrected chi connectivity index (χ1v) is 8.52. The van der Waals surface area contributed by atoms with Crippen molar-refractivity contribution >= 4 is 51.2 Å². The number of benzene rings is 1. The van der Waals surface area contributed by atoms with E-state index in [1.165, 1.54) is 0 Å². The van der Waals surface area contributed by atoms with Crippen LogP contribution in [0.5, 0.6) is 0 Å². The summed E-state index contributed by atoms with van der Waals surface area (Å²) in [5.74, 6) is 0.638. The molecule has 23 heavy (non-hydrogen) atoms. The lowest BCUT2D eigenvalue weighted by atomic mass is 10.3. The highest BCUT2D eigenvalue weighted by Crippen LogP contribution is 2.30. The minimum absolute atomic E-state index is 0.0110. The number of hydrogen-bond acceptors (Lipinski definition) is 6. The molecular weight excluding hydrogens is 378 g/mol. The standard InChI is InChI=1S/C15H14BrN5OS/c16-9-3-5-10(6-4-9)18-13-12-14(20-15(23)19-13)21(8-17-12)11-2-1-7-22-11/h3-6,8,11H,1-2,7H2,(H2,18,19,20,23). The fourth-order valence-electron chi connectivity index (χ4n) is 2.65. The molecule has 0 saturated carbocycles. The molecule has 1 unspecified atom stereocenters. The number of halogens is 1. The highest BCUT2D eigenvalue weighted by molar-refractivity contribution is 9.10. The largest absolute Gasteiger partial charge is 0.358 e. The molecule has 1 atom stereocenters. The Morgan fingerprint density at radius 3 is 2.83 bits per heavy atom. The molecule has 3 aromatic rings. The lowest BCUT2D eigenvalue weighted by Gasteiger charge is -2.12. The molecule has 6 nitrogen and oxygen atoms in total. The van der Waals surface area contributed by atoms with Gasteiger partial charge in [0.05, 0.1) is 6.33 Å². The van der Waals surface area contributed by atoms with Gasteiger partial charge in [0, 0.05) is 16.8 Å². The molecule has 0 bridgehead atoms. The summed E-state index contributed by atoms with van der Waals surface area (Å²) in [5.41, 5.74) is 2.37. The van der Waals surface area contributed by atoms with Gasteiger partial charge >= 0.3 is 0 Å². The molecule has 4 rings (SSSR count). The third-order valence-electron chi connectivity index (χ3n) is 3.73. The van der Waals surface area contributed by atoms with E-state index in [1.54, 1.807) is 6.33 Å². The number of nitrogens with zero attached hydrogens (tertiary/aromatic N) is 4. The number of rotatable bonds is 3. The second kappa shape index (κ2) is 6.10. The minimum atomic E-state index is -0.0110. The molecule has 1 fully saturated rings. The van der Waals surface area contributed by atoms with E-state index in [1.807, 2.05) is 28.8 Å². The Labute approximate surface area is 146 Å². The monoisotopic (exact) mass is 391 g/mol. The van der Waals surface area contributed by atoms with E-state index >= 15 is 0 Å². The molecule has 1 N–H and O–H groups in total. The van der Waals surface area contributed by atoms with Crippen molar-refractivity contribution < 1.29 is 4.74 Å². The lowest BCUT2D eigenvalue weighted by molar-refractivity contribution is 0.0592. The summed E-state index contributed by atoms with van der Waals surface area (Å²) in [5, 5.41) is 3.68. The minimum Gasteiger partial charge on any atom is -0.358 e. The van der Waals surface area contributed by atoms with Gasteiger partial charge in [-0.1, -0.05) is 15.9 Å². The fourth-order valence-corrected chi connectivity index (χ4v) is 3.11. The predicted octanol–water partition coefficient (Wildman–Crippen LogP) is 3.93. The predicted molar refractivity (Wildman–Crippen MR) is 94.2 cm³/mol. The van der Waals surface area contributed by atoms with Gasteiger partial charge in [0.2, 0.25) is 0 Å². The maximum absolute atomic E-state index is 5.73. The summed E-state index contributed by atoms with van der Waals surface area (Å²) in [6.45, 7) is 0.771. The van der Waals surface area contributed by atoms with Crippen LogP contribution in [0.15, 0.2) is 40.2 Å². The van der Waals surface area contributed by atoms with Crippen molar-refractivity contribution in [3.8, 4) is 0 Å². The summed E-state index contributed by atoms with van der Waals surface area (Å²) in [6, 6.07) is 7.86. The first-order valence-electron chi connectivity index (χ1n) is 7.28. The number of anilines is 2. The van der Waals surface area contributed by atoms with Gasteiger partial charge in [-0.3, -0.25) is 4.57 Å². The zero-order valence-corrected chi connectivity index (χ0v) is 14.6. The zero-order valence-electron chi connectivity index (χ0n) is 12.1. The number of imidazole rings is 1. The highest BCUT2D eigenvalue weighted by atomic mass is 79.9. The van der Waals surface area contributed by atoms with E-state index < -0.39 is 0 Å². The van der Waals surface area contributed by atoms with Crippen LogP contribution in [-0.2, 0) is 4.74 Å². The van der Waals surface area contributed by atoms with E-state index in [0.29, 0.717) is 16.5 Å². The smallest absolute Gasteiger partial charge is 0.188 e. The molecule has 1 aromatic carbocycles. The Morgan fingerprint density at radius 2 is 2.09 bits per heavy atom. The van der Waals surface area contributed by atoms with Gasteiger partial charge in [0.25, 0.3) is 0 Å². The average molecular weight is 392 g/mol. The second-order valence-electron chi connectivity index (χ2n) is 5.30. The molecule has 0 radical (unpaired) electrons. The summed E-state index contributed by atoms with van der Waals surface area (Å²) in [7, 11) is 0.